The number of likely N-dealkylation sites (N-methyl/N-ethyl adjacent to an activating group) is 1. The Morgan fingerprint density at radius 1 is 0.955 bits per heavy atom. The largest absolute Gasteiger partial charge is 0.507 e. The summed E-state index contributed by atoms with van der Waals surface area (Å²) in [6, 6.07) is 23.6. The van der Waals surface area contributed by atoms with Gasteiger partial charge in [0.1, 0.15) is 23.5 Å². The first-order valence-corrected chi connectivity index (χ1v) is 22.9. The second-order valence-electron chi connectivity index (χ2n) is 17.7. The number of nitrogens with one attached hydrogen (secondary N) is 2. The molecule has 0 aliphatic carbocycles. The average Bonchev–Trinajstić information content (AvgIpc) is 3.92. The molecular formula is C49H60N8O8S. The van der Waals surface area contributed by atoms with Crippen molar-refractivity contribution in [1.82, 2.24) is 35.6 Å². The van der Waals surface area contributed by atoms with Gasteiger partial charge in [0.2, 0.25) is 23.6 Å². The number of hydrogen-bond acceptors (Lipinski definition) is 13. The summed E-state index contributed by atoms with van der Waals surface area (Å²) in [6.07, 6.45) is -0.837. The number of β-amino-alcohol motifs (C(OH)–C–C–N with tert-alkyl or cyclic N) is 1. The molecule has 3 aromatic carbocycles. The van der Waals surface area contributed by atoms with Crippen molar-refractivity contribution in [2.45, 2.75) is 84.0 Å². The number of likely N-dealkylation sites (tertiary alicyclic amines) is 1. The number of hydrogen-bond donors (Lipinski definition) is 5. The Hall–Kier alpha value is -6.43. The number of phenols is 1. The minimum Gasteiger partial charge on any atom is -0.507 e. The van der Waals surface area contributed by atoms with Crippen LogP contribution in [-0.2, 0) is 23.9 Å². The van der Waals surface area contributed by atoms with Crippen LogP contribution in [0.5, 0.6) is 11.5 Å². The second kappa shape index (κ2) is 22.2. The number of amides is 4. The number of para-hydroxylation sites is 1. The van der Waals surface area contributed by atoms with Crippen molar-refractivity contribution >= 4 is 40.8 Å². The summed E-state index contributed by atoms with van der Waals surface area (Å²) in [5.41, 5.74) is 11.9. The zero-order chi connectivity index (χ0) is 47.5. The number of phenolic OH excluding ortho intramolecular Hbond substituents is 1. The summed E-state index contributed by atoms with van der Waals surface area (Å²) in [5.74, 6) is -1.28. The number of aromatic nitrogens is 3. The molecule has 66 heavy (non-hydrogen) atoms. The number of nitrogen functional groups attached to an aromatic ring is 1. The van der Waals surface area contributed by atoms with E-state index in [1.807, 2.05) is 94.7 Å². The fourth-order valence-electron chi connectivity index (χ4n) is 7.79. The summed E-state index contributed by atoms with van der Waals surface area (Å²) >= 11 is 1.56. The third-order valence-electron chi connectivity index (χ3n) is 11.6. The lowest BCUT2D eigenvalue weighted by atomic mass is 9.85. The highest BCUT2D eigenvalue weighted by Gasteiger charge is 2.44. The summed E-state index contributed by atoms with van der Waals surface area (Å²) in [4.78, 5) is 62.7. The van der Waals surface area contributed by atoms with Gasteiger partial charge in [0.25, 0.3) is 0 Å². The number of nitrogens with two attached hydrogens (primary N) is 1. The lowest BCUT2D eigenvalue weighted by Gasteiger charge is -2.35. The molecule has 6 N–H and O–H groups in total. The molecule has 3 heterocycles. The van der Waals surface area contributed by atoms with Crippen molar-refractivity contribution in [1.29, 1.82) is 0 Å². The maximum absolute atomic E-state index is 14.1. The van der Waals surface area contributed by atoms with Gasteiger partial charge < -0.3 is 45.9 Å². The molecule has 1 unspecified atom stereocenters. The van der Waals surface area contributed by atoms with E-state index < -0.39 is 35.4 Å². The van der Waals surface area contributed by atoms with Gasteiger partial charge in [0.05, 0.1) is 54.5 Å². The topological polar surface area (TPSA) is 222 Å². The molecule has 0 bridgehead atoms. The Morgan fingerprint density at radius 3 is 2.33 bits per heavy atom. The molecule has 0 spiro atoms. The van der Waals surface area contributed by atoms with E-state index in [4.69, 9.17) is 15.2 Å². The first kappa shape index (κ1) is 49.0. The Bertz CT molecular complexity index is 2440. The number of aliphatic hydroxyl groups excluding tert-OH is 1. The number of aliphatic hydroxyl groups is 1. The monoisotopic (exact) mass is 920 g/mol. The quantitative estimate of drug-likeness (QED) is 0.0635. The van der Waals surface area contributed by atoms with Gasteiger partial charge in [-0.25, -0.2) is 4.98 Å². The van der Waals surface area contributed by atoms with Crippen LogP contribution in [0, 0.1) is 12.3 Å². The molecule has 5 atom stereocenters. The van der Waals surface area contributed by atoms with E-state index in [2.05, 4.69) is 25.8 Å². The maximum atomic E-state index is 14.1. The molecule has 17 heteroatoms. The van der Waals surface area contributed by atoms with Crippen LogP contribution in [0.4, 0.5) is 5.82 Å². The van der Waals surface area contributed by atoms with Gasteiger partial charge in [-0.15, -0.1) is 21.5 Å². The fraction of sp³-hybridized carbons (Fsp3) is 0.408. The number of aryl methyl sites for hydroxylation is 1. The van der Waals surface area contributed by atoms with Crippen molar-refractivity contribution in [2.75, 3.05) is 45.7 Å². The molecule has 16 nitrogen and oxygen atoms in total. The van der Waals surface area contributed by atoms with Crippen molar-refractivity contribution in [3.63, 3.8) is 0 Å². The molecule has 350 valence electrons. The van der Waals surface area contributed by atoms with Gasteiger partial charge in [0, 0.05) is 50.5 Å². The van der Waals surface area contributed by atoms with Crippen LogP contribution in [0.15, 0.2) is 90.4 Å². The van der Waals surface area contributed by atoms with Crippen molar-refractivity contribution in [3.8, 4) is 33.2 Å². The zero-order valence-electron chi connectivity index (χ0n) is 38.3. The van der Waals surface area contributed by atoms with Gasteiger partial charge in [0.15, 0.2) is 11.6 Å². The van der Waals surface area contributed by atoms with Crippen LogP contribution in [0.25, 0.3) is 21.7 Å². The molecule has 1 saturated heterocycles. The SMILES string of the molecule is Cc1ncsc1-c1ccc([C@H](C)NC(=O)[C@@H]2C[C@@H](O)CN2C(=O)[C@@H](NC(=O)CCOCCC(=O)N(C)CC(COc2cc(-c3ccccc3O)nnc2N)c2ccccc2)C(C)(C)C)cc1. The minimum absolute atomic E-state index is 0.00858. The summed E-state index contributed by atoms with van der Waals surface area (Å²) < 4.78 is 11.9. The molecule has 0 radical (unpaired) electrons. The summed E-state index contributed by atoms with van der Waals surface area (Å²) in [5, 5.41) is 35.0. The first-order chi connectivity index (χ1) is 31.5. The Kier molecular flexibility index (Phi) is 16.5. The maximum Gasteiger partial charge on any atom is 0.246 e. The molecule has 1 fully saturated rings. The highest BCUT2D eigenvalue weighted by atomic mass is 32.1. The number of benzene rings is 3. The summed E-state index contributed by atoms with van der Waals surface area (Å²) in [7, 11) is 1.70. The van der Waals surface area contributed by atoms with E-state index in [0.29, 0.717) is 23.6 Å². The lowest BCUT2D eigenvalue weighted by Crippen LogP contribution is -2.58. The number of carbonyl (C=O) groups is 4. The average molecular weight is 921 g/mol. The van der Waals surface area contributed by atoms with E-state index in [1.54, 1.807) is 53.6 Å². The van der Waals surface area contributed by atoms with Gasteiger partial charge in [-0.05, 0) is 48.1 Å². The van der Waals surface area contributed by atoms with Crippen molar-refractivity contribution in [3.05, 3.63) is 107 Å². The van der Waals surface area contributed by atoms with Crippen LogP contribution < -0.4 is 21.1 Å². The third-order valence-corrected chi connectivity index (χ3v) is 12.6. The van der Waals surface area contributed by atoms with Crippen LogP contribution in [-0.4, -0.2) is 117 Å². The van der Waals surface area contributed by atoms with E-state index in [1.165, 1.54) is 4.90 Å². The van der Waals surface area contributed by atoms with Gasteiger partial charge >= 0.3 is 0 Å². The predicted octanol–water partition coefficient (Wildman–Crippen LogP) is 5.65. The third kappa shape index (κ3) is 12.7. The van der Waals surface area contributed by atoms with E-state index in [0.717, 1.165) is 27.3 Å². The molecule has 6 rings (SSSR count). The van der Waals surface area contributed by atoms with E-state index in [9.17, 15) is 29.4 Å². The van der Waals surface area contributed by atoms with Crippen molar-refractivity contribution in [2.24, 2.45) is 5.41 Å². The highest BCUT2D eigenvalue weighted by Crippen LogP contribution is 2.33. The van der Waals surface area contributed by atoms with Crippen LogP contribution >= 0.6 is 11.3 Å². The molecule has 2 aromatic heterocycles. The number of nitrogens with zero attached hydrogens (tertiary/aromatic N) is 5. The van der Waals surface area contributed by atoms with E-state index in [-0.39, 0.29) is 81.0 Å². The fourth-order valence-corrected chi connectivity index (χ4v) is 8.60. The Balaban J connectivity index is 0.973. The number of carbonyl (C=O) groups excluding carboxylic acids is 4. The highest BCUT2D eigenvalue weighted by molar-refractivity contribution is 7.13. The molecule has 1 aliphatic rings. The number of rotatable bonds is 19. The normalized spacial score (nSPS) is 16.3. The van der Waals surface area contributed by atoms with Crippen LogP contribution in [0.3, 0.4) is 0 Å². The standard InChI is InChI=1S/C49H60N8O8S/c1-30(32-16-18-34(19-17-32)44-31(2)51-29-66-44)52-47(62)39-24-36(58)27-57(39)48(63)45(49(3,4)5)53-42(60)20-22-64-23-21-43(61)56(6)26-35(33-12-8-7-9-13-33)28-65-41-25-38(54-55-46(41)50)37-14-10-11-15-40(37)59/h7-19,25,29-30,35-36,39,45,58-59H,20-24,26-28H2,1-6H3,(H2,50,55)(H,52,62)(H,53,60)/t30-,35?,36+,39-,45+/m0/s1. The molecule has 0 saturated carbocycles. The number of anilines is 1. The summed E-state index contributed by atoms with van der Waals surface area (Å²) in [6.45, 7) is 9.81. The van der Waals surface area contributed by atoms with Crippen LogP contribution in [0.2, 0.25) is 0 Å². The number of ether oxygens (including phenoxy) is 2. The second-order valence-corrected chi connectivity index (χ2v) is 18.5. The Morgan fingerprint density at radius 2 is 1.65 bits per heavy atom. The Labute approximate surface area is 389 Å². The molecule has 5 aromatic rings. The minimum atomic E-state index is -0.992. The lowest BCUT2D eigenvalue weighted by molar-refractivity contribution is -0.144. The number of aromatic hydroxyl groups is 1. The van der Waals surface area contributed by atoms with E-state index >= 15 is 0 Å². The predicted molar refractivity (Wildman–Crippen MR) is 252 cm³/mol. The molecule has 4 amide bonds. The first-order valence-electron chi connectivity index (χ1n) is 22.0. The van der Waals surface area contributed by atoms with Gasteiger partial charge in [-0.2, -0.15) is 0 Å². The number of thiazole rings is 1. The zero-order valence-corrected chi connectivity index (χ0v) is 39.1. The smallest absolute Gasteiger partial charge is 0.246 e. The molecule has 1 aliphatic heterocycles. The van der Waals surface area contributed by atoms with Gasteiger partial charge in [-0.1, -0.05) is 87.5 Å². The molecular weight excluding hydrogens is 861 g/mol. The van der Waals surface area contributed by atoms with Crippen LogP contribution in [0.1, 0.15) is 75.7 Å². The van der Waals surface area contributed by atoms with Gasteiger partial charge in [-0.3, -0.25) is 19.2 Å². The van der Waals surface area contributed by atoms with Crippen molar-refractivity contribution < 1.29 is 38.9 Å².